The van der Waals surface area contributed by atoms with E-state index in [2.05, 4.69) is 4.74 Å². The van der Waals surface area contributed by atoms with Crippen molar-refractivity contribution in [1.82, 2.24) is 4.57 Å². The second kappa shape index (κ2) is 12.0. The van der Waals surface area contributed by atoms with E-state index < -0.39 is 18.6 Å². The maximum absolute atomic E-state index is 13.9. The smallest absolute Gasteiger partial charge is 0.387 e. The average molecular weight is 579 g/mol. The van der Waals surface area contributed by atoms with Crippen LogP contribution < -0.4 is 19.6 Å². The molecule has 0 aliphatic carbocycles. The van der Waals surface area contributed by atoms with Gasteiger partial charge in [-0.05, 0) is 54.6 Å². The van der Waals surface area contributed by atoms with Gasteiger partial charge in [0.2, 0.25) is 0 Å². The second-order valence-corrected chi connectivity index (χ2v) is 10.5. The SMILES string of the molecule is CCOC(=O)C1=C(c2ccccc2)N=c2s/c(=C/c3ccc(OC(F)F)cc3)c(=O)n2[C@@H]1c1ccc(SC)cc1. The molecule has 0 fully saturated rings. The van der Waals surface area contributed by atoms with E-state index in [4.69, 9.17) is 9.73 Å². The van der Waals surface area contributed by atoms with Crippen molar-refractivity contribution in [3.05, 3.63) is 121 Å². The molecule has 1 aromatic heterocycles. The fourth-order valence-corrected chi connectivity index (χ4v) is 5.85. The summed E-state index contributed by atoms with van der Waals surface area (Å²) in [5, 5.41) is 0. The zero-order valence-corrected chi connectivity index (χ0v) is 23.2. The lowest BCUT2D eigenvalue weighted by Crippen LogP contribution is -2.40. The van der Waals surface area contributed by atoms with Crippen LogP contribution in [0.1, 0.15) is 29.7 Å². The van der Waals surface area contributed by atoms with Crippen molar-refractivity contribution < 1.29 is 23.0 Å². The van der Waals surface area contributed by atoms with E-state index >= 15 is 0 Å². The van der Waals surface area contributed by atoms with Crippen LogP contribution in [0.4, 0.5) is 8.78 Å². The van der Waals surface area contributed by atoms with Crippen LogP contribution in [0.2, 0.25) is 0 Å². The van der Waals surface area contributed by atoms with Crippen molar-refractivity contribution in [3.63, 3.8) is 0 Å². The molecule has 4 aromatic rings. The largest absolute Gasteiger partial charge is 0.463 e. The summed E-state index contributed by atoms with van der Waals surface area (Å²) in [6.07, 6.45) is 3.64. The maximum Gasteiger partial charge on any atom is 0.387 e. The number of esters is 1. The molecule has 2 heterocycles. The lowest BCUT2D eigenvalue weighted by Gasteiger charge is -2.26. The Labute approximate surface area is 236 Å². The Kier molecular flexibility index (Phi) is 8.27. The number of hydrogen-bond donors (Lipinski definition) is 0. The second-order valence-electron chi connectivity index (χ2n) is 8.65. The van der Waals surface area contributed by atoms with Crippen LogP contribution in [-0.4, -0.2) is 30.0 Å². The molecule has 40 heavy (non-hydrogen) atoms. The zero-order chi connectivity index (χ0) is 28.2. The first-order valence-electron chi connectivity index (χ1n) is 12.4. The number of hydrogen-bond acceptors (Lipinski definition) is 7. The van der Waals surface area contributed by atoms with E-state index in [0.717, 1.165) is 16.0 Å². The van der Waals surface area contributed by atoms with Gasteiger partial charge in [-0.15, -0.1) is 11.8 Å². The molecule has 204 valence electrons. The molecule has 0 bridgehead atoms. The van der Waals surface area contributed by atoms with Crippen molar-refractivity contribution in [1.29, 1.82) is 0 Å². The number of carbonyl (C=O) groups excluding carboxylic acids is 1. The number of fused-ring (bicyclic) bond motifs is 1. The van der Waals surface area contributed by atoms with E-state index in [-0.39, 0.29) is 23.5 Å². The van der Waals surface area contributed by atoms with E-state index in [1.807, 2.05) is 60.9 Å². The number of halogens is 2. The lowest BCUT2D eigenvalue weighted by atomic mass is 9.93. The van der Waals surface area contributed by atoms with E-state index in [1.54, 1.807) is 36.9 Å². The standard InChI is InChI=1S/C30H24F2N2O4S2/c1-3-37-28(36)24-25(19-7-5-4-6-8-19)33-30-34(26(24)20-11-15-22(39-2)16-12-20)27(35)23(40-30)17-18-9-13-21(14-10-18)38-29(31)32/h4-17,26,29H,3H2,1-2H3/b23-17+/t26-/m1/s1. The monoisotopic (exact) mass is 578 g/mol. The normalized spacial score (nSPS) is 15.1. The van der Waals surface area contributed by atoms with Gasteiger partial charge in [0.15, 0.2) is 4.80 Å². The minimum absolute atomic E-state index is 0.0221. The van der Waals surface area contributed by atoms with Gasteiger partial charge in [0.25, 0.3) is 5.56 Å². The summed E-state index contributed by atoms with van der Waals surface area (Å²) in [5.41, 5.74) is 2.48. The zero-order valence-electron chi connectivity index (χ0n) is 21.5. The quantitative estimate of drug-likeness (QED) is 0.211. The highest BCUT2D eigenvalue weighted by Crippen LogP contribution is 2.35. The number of ether oxygens (including phenoxy) is 2. The third kappa shape index (κ3) is 5.64. The molecule has 0 radical (unpaired) electrons. The van der Waals surface area contributed by atoms with Crippen molar-refractivity contribution >= 4 is 40.8 Å². The highest BCUT2D eigenvalue weighted by Gasteiger charge is 2.35. The first kappa shape index (κ1) is 27.5. The number of nitrogens with zero attached hydrogens (tertiary/aromatic N) is 2. The van der Waals surface area contributed by atoms with Gasteiger partial charge in [0.1, 0.15) is 5.75 Å². The van der Waals surface area contributed by atoms with Crippen LogP contribution >= 0.6 is 23.1 Å². The predicted molar refractivity (Wildman–Crippen MR) is 152 cm³/mol. The number of alkyl halides is 2. The summed E-state index contributed by atoms with van der Waals surface area (Å²) in [7, 11) is 0. The Hall–Kier alpha value is -4.02. The number of aromatic nitrogens is 1. The minimum Gasteiger partial charge on any atom is -0.463 e. The number of benzene rings is 3. The molecule has 1 aliphatic rings. The van der Waals surface area contributed by atoms with Gasteiger partial charge in [-0.2, -0.15) is 8.78 Å². The molecule has 10 heteroatoms. The molecule has 5 rings (SSSR count). The van der Waals surface area contributed by atoms with Crippen molar-refractivity contribution in [3.8, 4) is 5.75 Å². The number of rotatable bonds is 8. The van der Waals surface area contributed by atoms with Crippen LogP contribution in [0.15, 0.2) is 99.1 Å². The van der Waals surface area contributed by atoms with E-state index in [9.17, 15) is 18.4 Å². The summed E-state index contributed by atoms with van der Waals surface area (Å²) in [6.45, 7) is -1.03. The molecule has 0 amide bonds. The van der Waals surface area contributed by atoms with Gasteiger partial charge in [-0.25, -0.2) is 9.79 Å². The molecule has 1 aliphatic heterocycles. The van der Waals surface area contributed by atoms with Gasteiger partial charge in [-0.3, -0.25) is 9.36 Å². The summed E-state index contributed by atoms with van der Waals surface area (Å²) < 4.78 is 36.9. The number of thioether (sulfide) groups is 1. The topological polar surface area (TPSA) is 69.9 Å². The average Bonchev–Trinajstić information content (AvgIpc) is 3.27. The highest BCUT2D eigenvalue weighted by atomic mass is 32.2. The Balaban J connectivity index is 1.74. The first-order valence-corrected chi connectivity index (χ1v) is 14.4. The van der Waals surface area contributed by atoms with Crippen LogP contribution in [0, 0.1) is 0 Å². The number of carbonyl (C=O) groups is 1. The predicted octanol–water partition coefficient (Wildman–Crippen LogP) is 5.26. The molecule has 3 aromatic carbocycles. The van der Waals surface area contributed by atoms with Crippen molar-refractivity contribution in [2.75, 3.05) is 12.9 Å². The number of thiazole rings is 1. The lowest BCUT2D eigenvalue weighted by molar-refractivity contribution is -0.138. The Morgan fingerprint density at radius 3 is 2.40 bits per heavy atom. The van der Waals surface area contributed by atoms with Crippen LogP contribution in [0.5, 0.6) is 5.75 Å². The highest BCUT2D eigenvalue weighted by molar-refractivity contribution is 7.98. The van der Waals surface area contributed by atoms with Crippen molar-refractivity contribution in [2.24, 2.45) is 4.99 Å². The molecular formula is C30H24F2N2O4S2. The molecule has 6 nitrogen and oxygen atoms in total. The summed E-state index contributed by atoms with van der Waals surface area (Å²) in [6, 6.07) is 22.3. The molecule has 1 atom stereocenters. The van der Waals surface area contributed by atoms with E-state index in [1.165, 1.54) is 28.0 Å². The Morgan fingerprint density at radius 2 is 1.77 bits per heavy atom. The minimum atomic E-state index is -2.92. The Bertz CT molecular complexity index is 1730. The molecule has 0 unspecified atom stereocenters. The van der Waals surface area contributed by atoms with E-state index in [0.29, 0.717) is 20.6 Å². The maximum atomic E-state index is 13.9. The molecule has 0 N–H and O–H groups in total. The fourth-order valence-electron chi connectivity index (χ4n) is 4.44. The third-order valence-electron chi connectivity index (χ3n) is 6.21. The van der Waals surface area contributed by atoms with Gasteiger partial charge < -0.3 is 9.47 Å². The fraction of sp³-hybridized carbons (Fsp3) is 0.167. The summed E-state index contributed by atoms with van der Waals surface area (Å²) in [4.78, 5) is 33.7. The summed E-state index contributed by atoms with van der Waals surface area (Å²) in [5.74, 6) is -0.526. The molecule has 0 saturated heterocycles. The van der Waals surface area contributed by atoms with Crippen LogP contribution in [0.25, 0.3) is 11.8 Å². The van der Waals surface area contributed by atoms with Gasteiger partial charge >= 0.3 is 12.6 Å². The Morgan fingerprint density at radius 1 is 1.07 bits per heavy atom. The third-order valence-corrected chi connectivity index (χ3v) is 7.93. The van der Waals surface area contributed by atoms with Crippen LogP contribution in [-0.2, 0) is 9.53 Å². The molecule has 0 saturated carbocycles. The van der Waals surface area contributed by atoms with Crippen LogP contribution in [0.3, 0.4) is 0 Å². The van der Waals surface area contributed by atoms with Gasteiger partial charge in [0, 0.05) is 10.5 Å². The van der Waals surface area contributed by atoms with Crippen molar-refractivity contribution in [2.45, 2.75) is 24.5 Å². The molecular weight excluding hydrogens is 554 g/mol. The first-order chi connectivity index (χ1) is 19.4. The summed E-state index contributed by atoms with van der Waals surface area (Å²) >= 11 is 2.78. The molecule has 0 spiro atoms. The van der Waals surface area contributed by atoms with Gasteiger partial charge in [0.05, 0.1) is 28.5 Å². The van der Waals surface area contributed by atoms with Gasteiger partial charge in [-0.1, -0.05) is 65.9 Å².